The van der Waals surface area contributed by atoms with E-state index in [1.807, 2.05) is 0 Å². The molecule has 0 heterocycles. The maximum absolute atomic E-state index is 2.55. The van der Waals surface area contributed by atoms with Crippen molar-refractivity contribution in [1.29, 1.82) is 0 Å². The first-order valence-electron chi connectivity index (χ1n) is 19.9. The Labute approximate surface area is 319 Å². The van der Waals surface area contributed by atoms with E-state index in [1.165, 1.54) is 127 Å². The molecule has 11 rings (SSSR count). The first kappa shape index (κ1) is 32.0. The Balaban J connectivity index is 1.15. The summed E-state index contributed by atoms with van der Waals surface area (Å²) in [6, 6.07) is 40.3. The zero-order valence-electron chi connectivity index (χ0n) is 32.8. The summed E-state index contributed by atoms with van der Waals surface area (Å²) in [5.41, 5.74) is 28.1. The van der Waals surface area contributed by atoms with Crippen LogP contribution in [0.2, 0.25) is 0 Å². The van der Waals surface area contributed by atoms with Gasteiger partial charge >= 0.3 is 0 Å². The van der Waals surface area contributed by atoms with E-state index < -0.39 is 0 Å². The van der Waals surface area contributed by atoms with Crippen molar-refractivity contribution in [3.63, 3.8) is 0 Å². The highest BCUT2D eigenvalue weighted by Crippen LogP contribution is 2.58. The molecule has 0 unspecified atom stereocenters. The maximum atomic E-state index is 2.55. The average Bonchev–Trinajstić information content (AvgIpc) is 3.72. The summed E-state index contributed by atoms with van der Waals surface area (Å²) in [6.45, 7) is 18.8. The summed E-state index contributed by atoms with van der Waals surface area (Å²) < 4.78 is 0. The molecule has 0 nitrogen and oxygen atoms in total. The Hall–Kier alpha value is -5.46. The van der Waals surface area contributed by atoms with Crippen LogP contribution < -0.4 is 0 Å². The van der Waals surface area contributed by atoms with Crippen LogP contribution in [0, 0.1) is 27.7 Å². The normalized spacial score (nSPS) is 16.7. The molecule has 0 aliphatic heterocycles. The lowest BCUT2D eigenvalue weighted by Gasteiger charge is -2.26. The van der Waals surface area contributed by atoms with Crippen LogP contribution in [0.1, 0.15) is 90.6 Å². The molecule has 0 amide bonds. The Morgan fingerprint density at radius 1 is 0.444 bits per heavy atom. The van der Waals surface area contributed by atoms with Crippen molar-refractivity contribution >= 4 is 32.7 Å². The van der Waals surface area contributed by atoms with Crippen LogP contribution in [0.4, 0.5) is 0 Å². The van der Waals surface area contributed by atoms with Crippen LogP contribution in [0.25, 0.3) is 77.2 Å². The number of hydrogen-bond acceptors (Lipinski definition) is 0. The van der Waals surface area contributed by atoms with Crippen LogP contribution in [0.3, 0.4) is 0 Å². The minimum atomic E-state index is -0.0562. The smallest absolute Gasteiger partial charge is 0.0159 e. The first-order valence-corrected chi connectivity index (χ1v) is 19.9. The van der Waals surface area contributed by atoms with E-state index >= 15 is 0 Å². The van der Waals surface area contributed by atoms with Crippen molar-refractivity contribution in [1.82, 2.24) is 0 Å². The molecule has 7 aromatic rings. The van der Waals surface area contributed by atoms with Crippen molar-refractivity contribution in [2.45, 2.75) is 79.1 Å². The van der Waals surface area contributed by atoms with Gasteiger partial charge in [-0.25, -0.2) is 0 Å². The quantitative estimate of drug-likeness (QED) is 0.158. The number of benzene rings is 7. The Morgan fingerprint density at radius 2 is 1.06 bits per heavy atom. The summed E-state index contributed by atoms with van der Waals surface area (Å²) in [6.07, 6.45) is 4.72. The van der Waals surface area contributed by atoms with E-state index in [1.54, 1.807) is 5.57 Å². The fraction of sp³-hybridized carbons (Fsp3) is 0.222. The van der Waals surface area contributed by atoms with Gasteiger partial charge < -0.3 is 0 Å². The predicted molar refractivity (Wildman–Crippen MR) is 231 cm³/mol. The van der Waals surface area contributed by atoms with Crippen LogP contribution in [-0.4, -0.2) is 0 Å². The van der Waals surface area contributed by atoms with E-state index in [-0.39, 0.29) is 10.8 Å². The van der Waals surface area contributed by atoms with Gasteiger partial charge in [0, 0.05) is 10.8 Å². The van der Waals surface area contributed by atoms with Gasteiger partial charge in [-0.15, -0.1) is 0 Å². The molecule has 0 spiro atoms. The molecule has 0 heteroatoms. The summed E-state index contributed by atoms with van der Waals surface area (Å²) >= 11 is 0. The van der Waals surface area contributed by atoms with Crippen molar-refractivity contribution in [2.24, 2.45) is 0 Å². The summed E-state index contributed by atoms with van der Waals surface area (Å²) in [5.74, 6) is 0. The molecule has 7 aromatic carbocycles. The average molecular weight is 695 g/mol. The van der Waals surface area contributed by atoms with Gasteiger partial charge in [0.15, 0.2) is 0 Å². The lowest BCUT2D eigenvalue weighted by molar-refractivity contribution is 0.652. The highest BCUT2D eigenvalue weighted by molar-refractivity contribution is 6.30. The second kappa shape index (κ2) is 10.6. The van der Waals surface area contributed by atoms with Gasteiger partial charge in [-0.2, -0.15) is 0 Å². The van der Waals surface area contributed by atoms with Gasteiger partial charge in [-0.05, 0) is 186 Å². The van der Waals surface area contributed by atoms with Gasteiger partial charge in [-0.3, -0.25) is 0 Å². The zero-order valence-corrected chi connectivity index (χ0v) is 32.8. The molecule has 0 aromatic heterocycles. The minimum Gasteiger partial charge on any atom is -0.0619 e. The highest BCUT2D eigenvalue weighted by Gasteiger charge is 2.39. The number of hydrogen-bond donors (Lipinski definition) is 0. The lowest BCUT2D eigenvalue weighted by atomic mass is 9.78. The van der Waals surface area contributed by atoms with Crippen LogP contribution in [0.5, 0.6) is 0 Å². The molecule has 54 heavy (non-hydrogen) atoms. The molecule has 0 saturated heterocycles. The van der Waals surface area contributed by atoms with Gasteiger partial charge in [0.05, 0.1) is 0 Å². The number of allylic oxidation sites excluding steroid dienone is 4. The Kier molecular flexibility index (Phi) is 6.29. The Bertz CT molecular complexity index is 2950. The Morgan fingerprint density at radius 3 is 1.81 bits per heavy atom. The maximum Gasteiger partial charge on any atom is 0.0159 e. The second-order valence-electron chi connectivity index (χ2n) is 17.8. The van der Waals surface area contributed by atoms with E-state index in [2.05, 4.69) is 165 Å². The molecular weight excluding hydrogens is 649 g/mol. The molecule has 0 fully saturated rings. The van der Waals surface area contributed by atoms with Crippen LogP contribution >= 0.6 is 0 Å². The van der Waals surface area contributed by atoms with Gasteiger partial charge in [0.1, 0.15) is 0 Å². The monoisotopic (exact) mass is 694 g/mol. The largest absolute Gasteiger partial charge is 0.0619 e. The summed E-state index contributed by atoms with van der Waals surface area (Å²) in [5, 5.41) is 5.53. The molecule has 4 aliphatic rings. The third kappa shape index (κ3) is 3.99. The second-order valence-corrected chi connectivity index (χ2v) is 17.8. The van der Waals surface area contributed by atoms with Crippen LogP contribution in [0.15, 0.2) is 115 Å². The third-order valence-electron chi connectivity index (χ3n) is 14.2. The molecule has 0 bridgehead atoms. The molecule has 0 atom stereocenters. The van der Waals surface area contributed by atoms with E-state index in [0.717, 1.165) is 12.8 Å². The fourth-order valence-electron chi connectivity index (χ4n) is 11.1. The van der Waals surface area contributed by atoms with Crippen LogP contribution in [-0.2, 0) is 10.8 Å². The lowest BCUT2D eigenvalue weighted by Crippen LogP contribution is -2.17. The van der Waals surface area contributed by atoms with E-state index in [9.17, 15) is 0 Å². The topological polar surface area (TPSA) is 0 Å². The van der Waals surface area contributed by atoms with Gasteiger partial charge in [0.25, 0.3) is 0 Å². The summed E-state index contributed by atoms with van der Waals surface area (Å²) in [7, 11) is 0. The van der Waals surface area contributed by atoms with E-state index in [4.69, 9.17) is 0 Å². The van der Waals surface area contributed by atoms with E-state index in [0.29, 0.717) is 0 Å². The number of rotatable bonds is 2. The standard InChI is InChI=1S/C54H46/c1-29-23-41-42(24-30(29)2)51-40-22-18-33(34-17-20-38-36-13-9-11-15-45(36)53(5,6)47(38)27-34)26-43(40)49-32(4)31(3)25-44(52(49)51)50(41)35-19-21-39-37-14-10-12-16-46(37)54(7,8)48(39)28-35/h9-16,18-19,21-28H,17,20H2,1-8H3. The minimum absolute atomic E-state index is 0.0186. The molecular formula is C54H46. The number of fused-ring (bicyclic) bond motifs is 10. The third-order valence-corrected chi connectivity index (χ3v) is 14.2. The summed E-state index contributed by atoms with van der Waals surface area (Å²) in [4.78, 5) is 0. The van der Waals surface area contributed by atoms with Gasteiger partial charge in [0.2, 0.25) is 0 Å². The van der Waals surface area contributed by atoms with Crippen molar-refractivity contribution in [2.75, 3.05) is 0 Å². The first-order chi connectivity index (χ1) is 25.9. The predicted octanol–water partition coefficient (Wildman–Crippen LogP) is 14.8. The SMILES string of the molecule is Cc1cc2c(-c3ccc4c(c3)C(C)(C)c3ccccc3-4)c3cc(C)c(C)c4c3c(c2cc1C)-c1ccc(C2=CC3=C(CC2)c2ccccc2C3(C)C)cc1-4. The molecule has 0 N–H and O–H groups in total. The van der Waals surface area contributed by atoms with Crippen molar-refractivity contribution < 1.29 is 0 Å². The van der Waals surface area contributed by atoms with Crippen molar-refractivity contribution in [3.05, 3.63) is 165 Å². The zero-order chi connectivity index (χ0) is 37.0. The number of aryl methyl sites for hydroxylation is 3. The molecule has 4 aliphatic carbocycles. The van der Waals surface area contributed by atoms with Crippen molar-refractivity contribution in [3.8, 4) is 44.5 Å². The molecule has 262 valence electrons. The molecule has 0 saturated carbocycles. The highest BCUT2D eigenvalue weighted by atomic mass is 14.4. The molecule has 0 radical (unpaired) electrons. The van der Waals surface area contributed by atoms with Gasteiger partial charge in [-0.1, -0.05) is 125 Å². The fourth-order valence-corrected chi connectivity index (χ4v) is 11.1.